The summed E-state index contributed by atoms with van der Waals surface area (Å²) in [5.41, 5.74) is 8.92. The van der Waals surface area contributed by atoms with Crippen molar-refractivity contribution in [2.75, 3.05) is 11.9 Å². The SMILES string of the molecule is CC(N)=C(C=N)c1ccc(-c2ccc(N(C)C3CC(C)(C)NC(C)(C)C3)nn2)c(O)c1. The van der Waals surface area contributed by atoms with E-state index >= 15 is 0 Å². The average Bonchev–Trinajstić information content (AvgIpc) is 2.65. The van der Waals surface area contributed by atoms with Crippen molar-refractivity contribution in [3.8, 4) is 17.0 Å². The molecule has 7 heteroatoms. The van der Waals surface area contributed by atoms with Crippen LogP contribution >= 0.6 is 0 Å². The van der Waals surface area contributed by atoms with Crippen LogP contribution in [0.1, 0.15) is 53.0 Å². The Hall–Kier alpha value is -2.93. The number of piperidine rings is 1. The van der Waals surface area contributed by atoms with Gasteiger partial charge in [-0.15, -0.1) is 10.2 Å². The van der Waals surface area contributed by atoms with E-state index in [-0.39, 0.29) is 16.8 Å². The lowest BCUT2D eigenvalue weighted by molar-refractivity contribution is 0.160. The first-order chi connectivity index (χ1) is 14.4. The van der Waals surface area contributed by atoms with E-state index in [0.29, 0.717) is 34.1 Å². The number of hydrogen-bond acceptors (Lipinski definition) is 7. The summed E-state index contributed by atoms with van der Waals surface area (Å²) in [5.74, 6) is 0.890. The van der Waals surface area contributed by atoms with Gasteiger partial charge in [-0.2, -0.15) is 0 Å². The van der Waals surface area contributed by atoms with Crippen molar-refractivity contribution in [3.63, 3.8) is 0 Å². The Morgan fingerprint density at radius 3 is 2.29 bits per heavy atom. The summed E-state index contributed by atoms with van der Waals surface area (Å²) in [4.78, 5) is 2.20. The Morgan fingerprint density at radius 1 is 1.16 bits per heavy atom. The van der Waals surface area contributed by atoms with Crippen LogP contribution in [0, 0.1) is 5.41 Å². The van der Waals surface area contributed by atoms with Gasteiger partial charge in [0.25, 0.3) is 0 Å². The second-order valence-electron chi connectivity index (χ2n) is 9.82. The lowest BCUT2D eigenvalue weighted by Crippen LogP contribution is -2.62. The molecule has 1 aliphatic rings. The van der Waals surface area contributed by atoms with Crippen LogP contribution in [0.25, 0.3) is 16.8 Å². The maximum atomic E-state index is 10.5. The van der Waals surface area contributed by atoms with Gasteiger partial charge in [-0.05, 0) is 77.3 Å². The van der Waals surface area contributed by atoms with E-state index in [0.717, 1.165) is 18.7 Å². The molecule has 31 heavy (non-hydrogen) atoms. The Balaban J connectivity index is 1.83. The van der Waals surface area contributed by atoms with Gasteiger partial charge in [-0.3, -0.25) is 0 Å². The molecule has 0 aliphatic carbocycles. The van der Waals surface area contributed by atoms with E-state index in [1.165, 1.54) is 6.21 Å². The van der Waals surface area contributed by atoms with Gasteiger partial charge in [-0.25, -0.2) is 0 Å². The molecule has 7 nitrogen and oxygen atoms in total. The van der Waals surface area contributed by atoms with Crippen LogP contribution < -0.4 is 16.0 Å². The molecule has 0 unspecified atom stereocenters. The number of nitrogens with zero attached hydrogens (tertiary/aromatic N) is 3. The number of aromatic nitrogens is 2. The fourth-order valence-corrected chi connectivity index (χ4v) is 4.73. The van der Waals surface area contributed by atoms with Gasteiger partial charge < -0.3 is 26.5 Å². The lowest BCUT2D eigenvalue weighted by Gasteiger charge is -2.49. The topological polar surface area (TPSA) is 111 Å². The zero-order valence-corrected chi connectivity index (χ0v) is 19.3. The molecule has 1 saturated heterocycles. The number of phenols is 1. The first-order valence-corrected chi connectivity index (χ1v) is 10.6. The highest BCUT2D eigenvalue weighted by Crippen LogP contribution is 2.34. The minimum atomic E-state index is 0.0489. The zero-order valence-electron chi connectivity index (χ0n) is 19.3. The van der Waals surface area contributed by atoms with Crippen LogP contribution in [0.3, 0.4) is 0 Å². The Kier molecular flexibility index (Phi) is 6.09. The smallest absolute Gasteiger partial charge is 0.151 e. The van der Waals surface area contributed by atoms with Crippen molar-refractivity contribution in [1.82, 2.24) is 15.5 Å². The molecule has 0 spiro atoms. The number of benzene rings is 1. The molecule has 166 valence electrons. The highest BCUT2D eigenvalue weighted by Gasteiger charge is 2.39. The molecule has 3 rings (SSSR count). The van der Waals surface area contributed by atoms with Crippen LogP contribution in [0.15, 0.2) is 36.0 Å². The molecule has 0 bridgehead atoms. The molecule has 1 fully saturated rings. The molecule has 1 aromatic heterocycles. The minimum Gasteiger partial charge on any atom is -0.507 e. The Morgan fingerprint density at radius 2 is 1.81 bits per heavy atom. The van der Waals surface area contributed by atoms with Gasteiger partial charge in [-0.1, -0.05) is 6.07 Å². The van der Waals surface area contributed by atoms with Gasteiger partial charge in [0.1, 0.15) is 5.75 Å². The molecule has 0 atom stereocenters. The second-order valence-corrected chi connectivity index (χ2v) is 9.82. The molecule has 0 radical (unpaired) electrons. The standard InChI is InChI=1S/C24H34N6O/c1-15(26)19(14-25)16-7-8-18(21(31)11-16)20-9-10-22(28-27-20)30(6)17-12-23(2,3)29-24(4,5)13-17/h7-11,14,17,25,29,31H,12-13,26H2,1-6H3. The minimum absolute atomic E-state index is 0.0489. The quantitative estimate of drug-likeness (QED) is 0.543. The van der Waals surface area contributed by atoms with Crippen molar-refractivity contribution >= 4 is 17.6 Å². The Bertz CT molecular complexity index is 974. The third kappa shape index (κ3) is 5.05. The molecule has 2 aromatic rings. The highest BCUT2D eigenvalue weighted by atomic mass is 16.3. The maximum Gasteiger partial charge on any atom is 0.151 e. The van der Waals surface area contributed by atoms with Gasteiger partial charge in [0.05, 0.1) is 5.69 Å². The predicted molar refractivity (Wildman–Crippen MR) is 127 cm³/mol. The summed E-state index contributed by atoms with van der Waals surface area (Å²) in [6, 6.07) is 9.39. The largest absolute Gasteiger partial charge is 0.507 e. The summed E-state index contributed by atoms with van der Waals surface area (Å²) in [5, 5.41) is 30.6. The molecule has 2 heterocycles. The number of rotatable bonds is 5. The summed E-state index contributed by atoms with van der Waals surface area (Å²) in [7, 11) is 2.07. The molecular weight excluding hydrogens is 388 g/mol. The van der Waals surface area contributed by atoms with Crippen molar-refractivity contribution < 1.29 is 5.11 Å². The number of nitrogens with two attached hydrogens (primary N) is 1. The molecule has 1 aromatic carbocycles. The number of phenolic OH excluding ortho intramolecular Hbond substituents is 1. The molecule has 1 aliphatic heterocycles. The van der Waals surface area contributed by atoms with Crippen molar-refractivity contribution in [1.29, 1.82) is 5.41 Å². The average molecular weight is 423 g/mol. The van der Waals surface area contributed by atoms with E-state index in [9.17, 15) is 5.11 Å². The van der Waals surface area contributed by atoms with Gasteiger partial charge >= 0.3 is 0 Å². The van der Waals surface area contributed by atoms with Crippen molar-refractivity contribution in [2.24, 2.45) is 5.73 Å². The van der Waals surface area contributed by atoms with Gasteiger partial charge in [0.15, 0.2) is 5.82 Å². The summed E-state index contributed by atoms with van der Waals surface area (Å²) < 4.78 is 0. The summed E-state index contributed by atoms with van der Waals surface area (Å²) >= 11 is 0. The van der Waals surface area contributed by atoms with E-state index in [2.05, 4.69) is 55.2 Å². The van der Waals surface area contributed by atoms with E-state index < -0.39 is 0 Å². The first-order valence-electron chi connectivity index (χ1n) is 10.6. The Labute approximate surface area is 184 Å². The molecule has 5 N–H and O–H groups in total. The van der Waals surface area contributed by atoms with Gasteiger partial charge in [0.2, 0.25) is 0 Å². The number of aromatic hydroxyl groups is 1. The summed E-state index contributed by atoms with van der Waals surface area (Å²) in [6.07, 6.45) is 3.22. The third-order valence-electron chi connectivity index (χ3n) is 5.88. The fourth-order valence-electron chi connectivity index (χ4n) is 4.73. The van der Waals surface area contributed by atoms with Gasteiger partial charge in [0, 0.05) is 47.2 Å². The maximum absolute atomic E-state index is 10.5. The van der Waals surface area contributed by atoms with E-state index in [1.54, 1.807) is 19.1 Å². The van der Waals surface area contributed by atoms with Crippen LogP contribution in [-0.4, -0.2) is 45.7 Å². The number of anilines is 1. The normalized spacial score (nSPS) is 18.9. The van der Waals surface area contributed by atoms with Crippen LogP contribution in [0.5, 0.6) is 5.75 Å². The number of nitrogens with one attached hydrogen (secondary N) is 2. The number of allylic oxidation sites excluding steroid dienone is 2. The predicted octanol–water partition coefficient (Wildman–Crippen LogP) is 3.93. The third-order valence-corrected chi connectivity index (χ3v) is 5.88. The molecule has 0 amide bonds. The fraction of sp³-hybridized carbons (Fsp3) is 0.458. The van der Waals surface area contributed by atoms with Crippen LogP contribution in [0.2, 0.25) is 0 Å². The zero-order chi connectivity index (χ0) is 23.0. The van der Waals surface area contributed by atoms with E-state index in [4.69, 9.17) is 11.1 Å². The molecular formula is C24H34N6O. The van der Waals surface area contributed by atoms with E-state index in [1.807, 2.05) is 18.2 Å². The van der Waals surface area contributed by atoms with Crippen LogP contribution in [-0.2, 0) is 0 Å². The summed E-state index contributed by atoms with van der Waals surface area (Å²) in [6.45, 7) is 10.7. The van der Waals surface area contributed by atoms with Crippen molar-refractivity contribution in [2.45, 2.75) is 64.6 Å². The first kappa shape index (κ1) is 22.7. The van der Waals surface area contributed by atoms with Crippen LogP contribution in [0.4, 0.5) is 5.82 Å². The number of hydrogen-bond donors (Lipinski definition) is 4. The highest BCUT2D eigenvalue weighted by molar-refractivity contribution is 6.09. The lowest BCUT2D eigenvalue weighted by atomic mass is 9.79. The monoisotopic (exact) mass is 422 g/mol. The van der Waals surface area contributed by atoms with Crippen molar-refractivity contribution in [3.05, 3.63) is 41.6 Å². The second kappa shape index (κ2) is 8.30. The molecule has 0 saturated carbocycles.